The van der Waals surface area contributed by atoms with Crippen molar-refractivity contribution in [3.05, 3.63) is 35.3 Å². The number of hydrogen-bond donors (Lipinski definition) is 1. The number of alkyl halides is 3. The van der Waals surface area contributed by atoms with Crippen LogP contribution < -0.4 is 0 Å². The molecule has 124 valence electrons. The van der Waals surface area contributed by atoms with Gasteiger partial charge in [-0.05, 0) is 31.5 Å². The molecular weight excluding hydrogens is 319 g/mol. The number of aromatic amines is 1. The lowest BCUT2D eigenvalue weighted by Gasteiger charge is -2.11. The Hall–Kier alpha value is -2.82. The van der Waals surface area contributed by atoms with E-state index in [0.717, 1.165) is 17.8 Å². The lowest BCUT2D eigenvalue weighted by Crippen LogP contribution is -2.05. The third kappa shape index (κ3) is 2.62. The Balaban J connectivity index is 2.25. The minimum absolute atomic E-state index is 0.283. The Morgan fingerprint density at radius 1 is 1.29 bits per heavy atom. The van der Waals surface area contributed by atoms with Gasteiger partial charge in [0.05, 0.1) is 42.0 Å². The van der Waals surface area contributed by atoms with E-state index in [9.17, 15) is 13.2 Å². The van der Waals surface area contributed by atoms with E-state index in [0.29, 0.717) is 34.3 Å². The Labute approximate surface area is 135 Å². The maximum Gasteiger partial charge on any atom is 0.416 e. The van der Waals surface area contributed by atoms with Crippen molar-refractivity contribution >= 4 is 10.9 Å². The Morgan fingerprint density at radius 2 is 2.04 bits per heavy atom. The highest BCUT2D eigenvalue weighted by Crippen LogP contribution is 2.38. The molecule has 2 aromatic heterocycles. The predicted octanol–water partition coefficient (Wildman–Crippen LogP) is 3.98. The van der Waals surface area contributed by atoms with Crippen molar-refractivity contribution in [1.29, 1.82) is 5.26 Å². The summed E-state index contributed by atoms with van der Waals surface area (Å²) >= 11 is 0. The number of aryl methyl sites for hydroxylation is 2. The number of nitrogens with zero attached hydrogens (tertiary/aromatic N) is 4. The van der Waals surface area contributed by atoms with Gasteiger partial charge in [-0.15, -0.1) is 0 Å². The lowest BCUT2D eigenvalue weighted by atomic mass is 9.97. The fraction of sp³-hybridized carbons (Fsp3) is 0.312. The maximum absolute atomic E-state index is 13.2. The van der Waals surface area contributed by atoms with Crippen LogP contribution >= 0.6 is 0 Å². The van der Waals surface area contributed by atoms with Crippen LogP contribution in [0, 0.1) is 25.2 Å². The van der Waals surface area contributed by atoms with Gasteiger partial charge in [0.2, 0.25) is 0 Å². The summed E-state index contributed by atoms with van der Waals surface area (Å²) in [6.07, 6.45) is -2.66. The first-order chi connectivity index (χ1) is 11.3. The lowest BCUT2D eigenvalue weighted by molar-refractivity contribution is -0.137. The van der Waals surface area contributed by atoms with E-state index in [1.807, 2.05) is 6.07 Å². The molecule has 1 N–H and O–H groups in total. The van der Waals surface area contributed by atoms with Crippen LogP contribution in [0.4, 0.5) is 13.2 Å². The van der Waals surface area contributed by atoms with Crippen molar-refractivity contribution in [2.45, 2.75) is 33.0 Å². The van der Waals surface area contributed by atoms with E-state index in [1.165, 1.54) is 6.20 Å². The van der Waals surface area contributed by atoms with E-state index in [1.54, 1.807) is 18.5 Å². The van der Waals surface area contributed by atoms with Crippen LogP contribution in [0.2, 0.25) is 0 Å². The summed E-state index contributed by atoms with van der Waals surface area (Å²) < 4.78 is 41.3. The van der Waals surface area contributed by atoms with Gasteiger partial charge in [-0.2, -0.15) is 28.6 Å². The number of rotatable bonds is 3. The van der Waals surface area contributed by atoms with Crippen LogP contribution in [0.25, 0.3) is 22.0 Å². The fourth-order valence-electron chi connectivity index (χ4n) is 2.88. The highest BCUT2D eigenvalue weighted by molar-refractivity contribution is 5.96. The predicted molar refractivity (Wildman–Crippen MR) is 82.0 cm³/mol. The fourth-order valence-corrected chi connectivity index (χ4v) is 2.88. The highest BCUT2D eigenvalue weighted by Gasteiger charge is 2.32. The summed E-state index contributed by atoms with van der Waals surface area (Å²) in [6, 6.07) is 4.22. The maximum atomic E-state index is 13.2. The van der Waals surface area contributed by atoms with E-state index in [4.69, 9.17) is 5.26 Å². The minimum atomic E-state index is -4.45. The number of aromatic nitrogens is 4. The van der Waals surface area contributed by atoms with Gasteiger partial charge in [0, 0.05) is 16.6 Å². The molecule has 24 heavy (non-hydrogen) atoms. The molecule has 0 saturated heterocycles. The third-order valence-corrected chi connectivity index (χ3v) is 3.97. The molecular formula is C16H14F3N5. The van der Waals surface area contributed by atoms with Gasteiger partial charge >= 0.3 is 6.18 Å². The summed E-state index contributed by atoms with van der Waals surface area (Å²) in [5.74, 6) is 0. The van der Waals surface area contributed by atoms with E-state index < -0.39 is 11.7 Å². The molecule has 0 aliphatic carbocycles. The number of nitriles is 1. The smallest absolute Gasteiger partial charge is 0.278 e. The summed E-state index contributed by atoms with van der Waals surface area (Å²) in [4.78, 5) is 0. The Morgan fingerprint density at radius 3 is 2.71 bits per heavy atom. The summed E-state index contributed by atoms with van der Waals surface area (Å²) in [5.41, 5.74) is 2.01. The van der Waals surface area contributed by atoms with E-state index >= 15 is 0 Å². The zero-order valence-electron chi connectivity index (χ0n) is 13.1. The standard InChI is InChI=1S/C16H14F3N5/c1-9-15(10(2)24(23-9)5-3-4-20)12-6-11(16(17,18)19)7-14-13(12)8-21-22-14/h6-8H,3,5H2,1-2H3,(H,21,22). The number of benzene rings is 1. The van der Waals surface area contributed by atoms with Crippen molar-refractivity contribution in [1.82, 2.24) is 20.0 Å². The second kappa shape index (κ2) is 5.67. The molecule has 0 unspecified atom stereocenters. The van der Waals surface area contributed by atoms with E-state index in [2.05, 4.69) is 15.3 Å². The Bertz CT molecular complexity index is 943. The molecule has 1 aromatic carbocycles. The first-order valence-corrected chi connectivity index (χ1v) is 7.28. The minimum Gasteiger partial charge on any atom is -0.278 e. The number of fused-ring (bicyclic) bond motifs is 1. The molecule has 0 saturated carbocycles. The van der Waals surface area contributed by atoms with E-state index in [-0.39, 0.29) is 6.42 Å². The zero-order valence-corrected chi connectivity index (χ0v) is 13.1. The molecule has 5 nitrogen and oxygen atoms in total. The highest BCUT2D eigenvalue weighted by atomic mass is 19.4. The van der Waals surface area contributed by atoms with Gasteiger partial charge in [0.1, 0.15) is 0 Å². The molecule has 0 atom stereocenters. The van der Waals surface area contributed by atoms with Gasteiger partial charge < -0.3 is 0 Å². The number of H-pyrrole nitrogens is 1. The average Bonchev–Trinajstić information content (AvgIpc) is 3.08. The number of hydrogen-bond acceptors (Lipinski definition) is 3. The largest absolute Gasteiger partial charge is 0.416 e. The van der Waals surface area contributed by atoms with Crippen LogP contribution in [-0.4, -0.2) is 20.0 Å². The van der Waals surface area contributed by atoms with Gasteiger partial charge in [-0.3, -0.25) is 9.78 Å². The molecule has 8 heteroatoms. The molecule has 0 aliphatic heterocycles. The molecule has 0 fully saturated rings. The molecule has 0 radical (unpaired) electrons. The van der Waals surface area contributed by atoms with Gasteiger partial charge in [-0.25, -0.2) is 0 Å². The molecule has 0 amide bonds. The topological polar surface area (TPSA) is 70.3 Å². The van der Waals surface area contributed by atoms with Crippen LogP contribution in [0.15, 0.2) is 18.3 Å². The zero-order chi connectivity index (χ0) is 17.5. The van der Waals surface area contributed by atoms with Gasteiger partial charge in [-0.1, -0.05) is 0 Å². The molecule has 3 rings (SSSR count). The van der Waals surface area contributed by atoms with Crippen LogP contribution in [-0.2, 0) is 12.7 Å². The second-order valence-corrected chi connectivity index (χ2v) is 5.53. The number of nitrogens with one attached hydrogen (secondary N) is 1. The van der Waals surface area contributed by atoms with Crippen molar-refractivity contribution in [2.75, 3.05) is 0 Å². The molecule has 0 aliphatic rings. The molecule has 0 bridgehead atoms. The van der Waals surface area contributed by atoms with Crippen LogP contribution in [0.5, 0.6) is 0 Å². The third-order valence-electron chi connectivity index (χ3n) is 3.97. The molecule has 3 aromatic rings. The van der Waals surface area contributed by atoms with Crippen molar-refractivity contribution in [3.63, 3.8) is 0 Å². The van der Waals surface area contributed by atoms with Crippen molar-refractivity contribution < 1.29 is 13.2 Å². The van der Waals surface area contributed by atoms with Crippen LogP contribution in [0.1, 0.15) is 23.4 Å². The van der Waals surface area contributed by atoms with Gasteiger partial charge in [0.15, 0.2) is 0 Å². The summed E-state index contributed by atoms with van der Waals surface area (Å²) in [6.45, 7) is 3.94. The van der Waals surface area contributed by atoms with Gasteiger partial charge in [0.25, 0.3) is 0 Å². The van der Waals surface area contributed by atoms with Crippen LogP contribution in [0.3, 0.4) is 0 Å². The molecule has 0 spiro atoms. The summed E-state index contributed by atoms with van der Waals surface area (Å²) in [5, 5.41) is 20.2. The number of halogens is 3. The quantitative estimate of drug-likeness (QED) is 0.788. The van der Waals surface area contributed by atoms with Crippen molar-refractivity contribution in [2.24, 2.45) is 0 Å². The Kier molecular flexibility index (Phi) is 3.79. The second-order valence-electron chi connectivity index (χ2n) is 5.53. The first-order valence-electron chi connectivity index (χ1n) is 7.28. The average molecular weight is 333 g/mol. The molecule has 2 heterocycles. The summed E-state index contributed by atoms with van der Waals surface area (Å²) in [7, 11) is 0. The monoisotopic (exact) mass is 333 g/mol. The SMILES string of the molecule is Cc1nn(CCC#N)c(C)c1-c1cc(C(F)(F)F)cc2[nH]ncc12. The first kappa shape index (κ1) is 16.1. The normalized spacial score (nSPS) is 11.8. The van der Waals surface area contributed by atoms with Crippen molar-refractivity contribution in [3.8, 4) is 17.2 Å².